The van der Waals surface area contributed by atoms with Gasteiger partial charge in [-0.1, -0.05) is 0 Å². The number of nitriles is 1. The molecule has 2 unspecified atom stereocenters. The molecule has 17 heavy (non-hydrogen) atoms. The van der Waals surface area contributed by atoms with Gasteiger partial charge in [0.05, 0.1) is 26.4 Å². The number of methoxy groups -OCH3 is 2. The number of aliphatic hydroxyl groups is 1. The monoisotopic (exact) mass is 235 g/mol. The summed E-state index contributed by atoms with van der Waals surface area (Å²) in [5, 5.41) is 18.8. The molecule has 0 bridgehead atoms. The molecule has 2 atom stereocenters. The molecule has 0 aliphatic heterocycles. The highest BCUT2D eigenvalue weighted by Gasteiger charge is 2.17. The van der Waals surface area contributed by atoms with Crippen LogP contribution in [-0.2, 0) is 0 Å². The maximum Gasteiger partial charge on any atom is 0.124 e. The minimum absolute atomic E-state index is 0.207. The average Bonchev–Trinajstić information content (AvgIpc) is 2.37. The molecule has 4 nitrogen and oxygen atoms in total. The molecule has 0 heterocycles. The molecule has 0 aliphatic carbocycles. The van der Waals surface area contributed by atoms with Crippen LogP contribution in [0.5, 0.6) is 11.5 Å². The topological polar surface area (TPSA) is 62.5 Å². The van der Waals surface area contributed by atoms with Gasteiger partial charge in [0.25, 0.3) is 0 Å². The van der Waals surface area contributed by atoms with Gasteiger partial charge in [0.2, 0.25) is 0 Å². The van der Waals surface area contributed by atoms with E-state index >= 15 is 0 Å². The minimum atomic E-state index is -0.727. The van der Waals surface area contributed by atoms with Crippen molar-refractivity contribution in [3.05, 3.63) is 23.8 Å². The van der Waals surface area contributed by atoms with Gasteiger partial charge in [0.15, 0.2) is 0 Å². The molecule has 0 saturated heterocycles. The Kier molecular flexibility index (Phi) is 4.80. The van der Waals surface area contributed by atoms with Gasteiger partial charge < -0.3 is 14.6 Å². The van der Waals surface area contributed by atoms with Crippen LogP contribution in [0.3, 0.4) is 0 Å². The van der Waals surface area contributed by atoms with Crippen molar-refractivity contribution in [3.8, 4) is 17.6 Å². The molecule has 1 aromatic rings. The van der Waals surface area contributed by atoms with Crippen molar-refractivity contribution in [2.24, 2.45) is 5.92 Å². The van der Waals surface area contributed by atoms with E-state index in [1.54, 1.807) is 39.3 Å². The summed E-state index contributed by atoms with van der Waals surface area (Å²) in [7, 11) is 3.11. The Hall–Kier alpha value is -1.73. The van der Waals surface area contributed by atoms with Crippen molar-refractivity contribution < 1.29 is 14.6 Å². The van der Waals surface area contributed by atoms with Gasteiger partial charge >= 0.3 is 0 Å². The number of ether oxygens (including phenoxy) is 2. The second-order valence-electron chi connectivity index (χ2n) is 3.89. The largest absolute Gasteiger partial charge is 0.497 e. The summed E-state index contributed by atoms with van der Waals surface area (Å²) in [4.78, 5) is 0. The van der Waals surface area contributed by atoms with E-state index in [0.29, 0.717) is 23.5 Å². The van der Waals surface area contributed by atoms with E-state index in [2.05, 4.69) is 6.07 Å². The number of nitrogens with zero attached hydrogens (tertiary/aromatic N) is 1. The van der Waals surface area contributed by atoms with Gasteiger partial charge in [0, 0.05) is 11.5 Å². The molecule has 0 aliphatic rings. The molecule has 0 saturated carbocycles. The van der Waals surface area contributed by atoms with Crippen molar-refractivity contribution in [1.29, 1.82) is 5.26 Å². The molecule has 1 rings (SSSR count). The van der Waals surface area contributed by atoms with Crippen molar-refractivity contribution in [2.75, 3.05) is 14.2 Å². The van der Waals surface area contributed by atoms with E-state index in [1.807, 2.05) is 0 Å². The first-order chi connectivity index (χ1) is 8.12. The second kappa shape index (κ2) is 6.12. The number of hydrogen-bond donors (Lipinski definition) is 1. The molecular weight excluding hydrogens is 218 g/mol. The number of rotatable bonds is 5. The molecule has 0 fully saturated rings. The van der Waals surface area contributed by atoms with Crippen LogP contribution in [0.2, 0.25) is 0 Å². The van der Waals surface area contributed by atoms with Crippen LogP contribution in [-0.4, -0.2) is 19.3 Å². The Labute approximate surface area is 101 Å². The highest BCUT2D eigenvalue weighted by atomic mass is 16.5. The highest BCUT2D eigenvalue weighted by molar-refractivity contribution is 5.41. The lowest BCUT2D eigenvalue weighted by Crippen LogP contribution is -2.05. The van der Waals surface area contributed by atoms with Gasteiger partial charge in [-0.05, 0) is 31.5 Å². The quantitative estimate of drug-likeness (QED) is 0.850. The van der Waals surface area contributed by atoms with Crippen LogP contribution in [0.1, 0.15) is 25.0 Å². The summed E-state index contributed by atoms with van der Waals surface area (Å²) in [6.07, 6.45) is -0.352. The first-order valence-corrected chi connectivity index (χ1v) is 5.42. The number of hydrogen-bond acceptors (Lipinski definition) is 4. The zero-order valence-corrected chi connectivity index (χ0v) is 10.3. The molecule has 92 valence electrons. The Morgan fingerprint density at radius 1 is 1.35 bits per heavy atom. The lowest BCUT2D eigenvalue weighted by atomic mass is 9.98. The van der Waals surface area contributed by atoms with Crippen LogP contribution < -0.4 is 9.47 Å². The maximum absolute atomic E-state index is 10.1. The number of benzene rings is 1. The minimum Gasteiger partial charge on any atom is -0.497 e. The van der Waals surface area contributed by atoms with Gasteiger partial charge in [-0.25, -0.2) is 0 Å². The molecular formula is C13H17NO3. The smallest absolute Gasteiger partial charge is 0.124 e. The van der Waals surface area contributed by atoms with Crippen molar-refractivity contribution >= 4 is 0 Å². The average molecular weight is 235 g/mol. The molecule has 1 aromatic carbocycles. The van der Waals surface area contributed by atoms with E-state index in [0.717, 1.165) is 0 Å². The standard InChI is InChI=1S/C13H17NO3/c1-9(8-14)6-12(15)11-7-10(16-2)4-5-13(11)17-3/h4-5,7,9,12,15H,6H2,1-3H3. The number of aliphatic hydroxyl groups excluding tert-OH is 1. The molecule has 1 N–H and O–H groups in total. The maximum atomic E-state index is 10.1. The Morgan fingerprint density at radius 3 is 2.59 bits per heavy atom. The predicted molar refractivity (Wildman–Crippen MR) is 63.9 cm³/mol. The van der Waals surface area contributed by atoms with Crippen LogP contribution in [0.15, 0.2) is 18.2 Å². The molecule has 0 radical (unpaired) electrons. The lowest BCUT2D eigenvalue weighted by Gasteiger charge is -2.16. The SMILES string of the molecule is COc1ccc(OC)c(C(O)CC(C)C#N)c1. The third-order valence-electron chi connectivity index (χ3n) is 2.59. The van der Waals surface area contributed by atoms with Crippen molar-refractivity contribution in [1.82, 2.24) is 0 Å². The second-order valence-corrected chi connectivity index (χ2v) is 3.89. The van der Waals surface area contributed by atoms with E-state index < -0.39 is 6.10 Å². The summed E-state index contributed by atoms with van der Waals surface area (Å²) < 4.78 is 10.3. The van der Waals surface area contributed by atoms with E-state index in [9.17, 15) is 5.11 Å². The van der Waals surface area contributed by atoms with Gasteiger partial charge in [-0.2, -0.15) is 5.26 Å². The van der Waals surface area contributed by atoms with Crippen LogP contribution >= 0.6 is 0 Å². The third kappa shape index (κ3) is 3.36. The predicted octanol–water partition coefficient (Wildman–Crippen LogP) is 2.29. The normalized spacial score (nSPS) is 13.6. The highest BCUT2D eigenvalue weighted by Crippen LogP contribution is 2.32. The molecule has 4 heteroatoms. The lowest BCUT2D eigenvalue weighted by molar-refractivity contribution is 0.152. The fraction of sp³-hybridized carbons (Fsp3) is 0.462. The first-order valence-electron chi connectivity index (χ1n) is 5.42. The van der Waals surface area contributed by atoms with Crippen molar-refractivity contribution in [2.45, 2.75) is 19.4 Å². The summed E-state index contributed by atoms with van der Waals surface area (Å²) in [6.45, 7) is 1.77. The summed E-state index contributed by atoms with van der Waals surface area (Å²) in [5.41, 5.74) is 0.647. The molecule has 0 amide bonds. The van der Waals surface area contributed by atoms with Gasteiger partial charge in [-0.15, -0.1) is 0 Å². The Bertz CT molecular complexity index is 412. The third-order valence-corrected chi connectivity index (χ3v) is 2.59. The van der Waals surface area contributed by atoms with Gasteiger partial charge in [-0.3, -0.25) is 0 Å². The van der Waals surface area contributed by atoms with E-state index in [-0.39, 0.29) is 5.92 Å². The molecule has 0 spiro atoms. The van der Waals surface area contributed by atoms with Crippen LogP contribution in [0.25, 0.3) is 0 Å². The van der Waals surface area contributed by atoms with E-state index in [1.165, 1.54) is 0 Å². The zero-order chi connectivity index (χ0) is 12.8. The fourth-order valence-corrected chi connectivity index (χ4v) is 1.61. The van der Waals surface area contributed by atoms with E-state index in [4.69, 9.17) is 14.7 Å². The van der Waals surface area contributed by atoms with Gasteiger partial charge in [0.1, 0.15) is 11.5 Å². The summed E-state index contributed by atoms with van der Waals surface area (Å²) >= 11 is 0. The Morgan fingerprint density at radius 2 is 2.06 bits per heavy atom. The summed E-state index contributed by atoms with van der Waals surface area (Å²) in [6, 6.07) is 7.34. The zero-order valence-electron chi connectivity index (χ0n) is 10.3. The fourth-order valence-electron chi connectivity index (χ4n) is 1.61. The first kappa shape index (κ1) is 13.3. The molecule has 0 aromatic heterocycles. The Balaban J connectivity index is 2.97. The van der Waals surface area contributed by atoms with Crippen LogP contribution in [0, 0.1) is 17.2 Å². The van der Waals surface area contributed by atoms with Crippen LogP contribution in [0.4, 0.5) is 0 Å². The summed E-state index contributed by atoms with van der Waals surface area (Å²) in [5.74, 6) is 1.05. The van der Waals surface area contributed by atoms with Crippen molar-refractivity contribution in [3.63, 3.8) is 0 Å².